The van der Waals surface area contributed by atoms with E-state index in [-0.39, 0.29) is 23.4 Å². The summed E-state index contributed by atoms with van der Waals surface area (Å²) < 4.78 is 16.9. The molecule has 0 radical (unpaired) electrons. The van der Waals surface area contributed by atoms with Crippen LogP contribution in [0, 0.1) is 5.82 Å². The highest BCUT2D eigenvalue weighted by Gasteiger charge is 2.26. The zero-order chi connectivity index (χ0) is 20.0. The van der Waals surface area contributed by atoms with E-state index in [1.54, 1.807) is 29.2 Å². The Balaban J connectivity index is 0.00000240. The lowest BCUT2D eigenvalue weighted by atomic mass is 10.0. The van der Waals surface area contributed by atoms with Crippen molar-refractivity contribution in [2.45, 2.75) is 0 Å². The van der Waals surface area contributed by atoms with Crippen LogP contribution in [0.5, 0.6) is 0 Å². The molecule has 0 amide bonds. The number of benzene rings is 1. The maximum Gasteiger partial charge on any atom is 0.342 e. The van der Waals surface area contributed by atoms with Gasteiger partial charge < -0.3 is 19.3 Å². The SMILES string of the molecule is CN=Cc1c(N2CCN(C)CC2)c(F)cc2c(=O)c(C(=O)O)c3sccn3c12.Cl. The lowest BCUT2D eigenvalue weighted by molar-refractivity contribution is 0.0697. The van der Waals surface area contributed by atoms with Gasteiger partial charge in [0.15, 0.2) is 0 Å². The summed E-state index contributed by atoms with van der Waals surface area (Å²) in [7, 11) is 3.61. The standard InChI is InChI=1S/C19H19FN4O3S.ClH/c1-21-10-12-15-11(9-13(20)16(12)23-5-3-22(2)4-6-23)17(25)14(19(26)27)18-24(15)7-8-28-18;/h7-10H,3-6H2,1-2H3,(H,26,27);1H. The molecule has 4 rings (SSSR count). The summed E-state index contributed by atoms with van der Waals surface area (Å²) in [6.07, 6.45) is 3.25. The molecule has 0 bridgehead atoms. The van der Waals surface area contributed by atoms with E-state index in [1.165, 1.54) is 11.3 Å². The Bertz CT molecular complexity index is 1180. The normalized spacial score (nSPS) is 15.3. The van der Waals surface area contributed by atoms with Gasteiger partial charge in [0, 0.05) is 56.6 Å². The minimum atomic E-state index is -1.32. The second kappa shape index (κ2) is 8.10. The van der Waals surface area contributed by atoms with Gasteiger partial charge in [-0.05, 0) is 13.1 Å². The number of thiazole rings is 1. The summed E-state index contributed by atoms with van der Waals surface area (Å²) in [4.78, 5) is 33.1. The van der Waals surface area contributed by atoms with Crippen molar-refractivity contribution in [1.29, 1.82) is 0 Å². The number of hydrogen-bond acceptors (Lipinski definition) is 6. The van der Waals surface area contributed by atoms with E-state index in [0.717, 1.165) is 19.2 Å². The highest BCUT2D eigenvalue weighted by Crippen LogP contribution is 2.33. The number of carboxylic acids is 1. The molecule has 0 unspecified atom stereocenters. The maximum absolute atomic E-state index is 15.2. The van der Waals surface area contributed by atoms with Gasteiger partial charge >= 0.3 is 5.97 Å². The summed E-state index contributed by atoms with van der Waals surface area (Å²) in [5.41, 5.74) is 0.346. The van der Waals surface area contributed by atoms with Crippen LogP contribution >= 0.6 is 23.7 Å². The molecule has 29 heavy (non-hydrogen) atoms. The van der Waals surface area contributed by atoms with Gasteiger partial charge in [-0.3, -0.25) is 9.79 Å². The second-order valence-corrected chi connectivity index (χ2v) is 7.68. The van der Waals surface area contributed by atoms with Gasteiger partial charge in [-0.1, -0.05) is 0 Å². The molecule has 1 saturated heterocycles. The van der Waals surface area contributed by atoms with E-state index >= 15 is 4.39 Å². The summed E-state index contributed by atoms with van der Waals surface area (Å²) in [5.74, 6) is -1.86. The van der Waals surface area contributed by atoms with Crippen molar-refractivity contribution in [3.8, 4) is 0 Å². The van der Waals surface area contributed by atoms with Gasteiger partial charge in [0.25, 0.3) is 0 Å². The molecule has 0 spiro atoms. The summed E-state index contributed by atoms with van der Waals surface area (Å²) in [5, 5.41) is 11.3. The molecule has 1 N–H and O–H groups in total. The third-order valence-electron chi connectivity index (χ3n) is 5.09. The summed E-state index contributed by atoms with van der Waals surface area (Å²) >= 11 is 1.17. The molecule has 1 aliphatic heterocycles. The average molecular weight is 439 g/mol. The quantitative estimate of drug-likeness (QED) is 0.636. The number of anilines is 1. The zero-order valence-corrected chi connectivity index (χ0v) is 17.5. The number of halogens is 2. The van der Waals surface area contributed by atoms with Gasteiger partial charge in [-0.2, -0.15) is 0 Å². The number of fused-ring (bicyclic) bond motifs is 3. The van der Waals surface area contributed by atoms with Crippen molar-refractivity contribution in [3.05, 3.63) is 44.8 Å². The fraction of sp³-hybridized carbons (Fsp3) is 0.316. The number of aromatic nitrogens is 1. The first-order chi connectivity index (χ1) is 13.4. The fourth-order valence-corrected chi connectivity index (χ4v) is 4.62. The van der Waals surface area contributed by atoms with E-state index in [2.05, 4.69) is 9.89 Å². The predicted octanol–water partition coefficient (Wildman–Crippen LogP) is 2.57. The Hall–Kier alpha value is -2.49. The van der Waals surface area contributed by atoms with Crippen LogP contribution in [0.25, 0.3) is 15.7 Å². The van der Waals surface area contributed by atoms with Gasteiger partial charge in [0.2, 0.25) is 5.43 Å². The highest BCUT2D eigenvalue weighted by molar-refractivity contribution is 7.16. The number of nitrogens with zero attached hydrogens (tertiary/aromatic N) is 4. The van der Waals surface area contributed by atoms with Crippen molar-refractivity contribution >= 4 is 57.3 Å². The summed E-state index contributed by atoms with van der Waals surface area (Å²) in [6.45, 7) is 2.90. The molecule has 3 heterocycles. The molecule has 0 aliphatic carbocycles. The molecule has 3 aromatic rings. The van der Waals surface area contributed by atoms with Gasteiger partial charge in [0.05, 0.1) is 16.6 Å². The van der Waals surface area contributed by atoms with Crippen LogP contribution in [-0.2, 0) is 0 Å². The first-order valence-electron chi connectivity index (χ1n) is 8.81. The topological polar surface area (TPSA) is 77.6 Å². The van der Waals surface area contributed by atoms with Crippen molar-refractivity contribution in [3.63, 3.8) is 0 Å². The Labute approximate surface area is 176 Å². The number of piperazine rings is 1. The van der Waals surface area contributed by atoms with Crippen LogP contribution in [0.3, 0.4) is 0 Å². The molecule has 154 valence electrons. The van der Waals surface area contributed by atoms with Crippen molar-refractivity contribution < 1.29 is 14.3 Å². The third-order valence-corrected chi connectivity index (χ3v) is 5.97. The summed E-state index contributed by atoms with van der Waals surface area (Å²) in [6, 6.07) is 1.16. The Morgan fingerprint density at radius 2 is 2.00 bits per heavy atom. The average Bonchev–Trinajstić information content (AvgIpc) is 3.12. The van der Waals surface area contributed by atoms with Crippen LogP contribution in [0.1, 0.15) is 15.9 Å². The van der Waals surface area contributed by atoms with Gasteiger partial charge in [0.1, 0.15) is 16.2 Å². The van der Waals surface area contributed by atoms with Crippen LogP contribution in [-0.4, -0.2) is 66.9 Å². The van der Waals surface area contributed by atoms with Crippen molar-refractivity contribution in [2.24, 2.45) is 4.99 Å². The molecule has 1 aromatic carbocycles. The van der Waals surface area contributed by atoms with Crippen LogP contribution in [0.2, 0.25) is 0 Å². The number of aliphatic imine (C=N–C) groups is 1. The maximum atomic E-state index is 15.2. The van der Waals surface area contributed by atoms with Crippen molar-refractivity contribution in [2.75, 3.05) is 45.2 Å². The first-order valence-corrected chi connectivity index (χ1v) is 9.69. The molecule has 0 saturated carbocycles. The number of carbonyl (C=O) groups is 1. The molecule has 2 aromatic heterocycles. The lowest BCUT2D eigenvalue weighted by Crippen LogP contribution is -2.45. The minimum absolute atomic E-state index is 0. The van der Waals surface area contributed by atoms with Crippen LogP contribution in [0.15, 0.2) is 27.4 Å². The number of carboxylic acid groups (broad SMARTS) is 1. The van der Waals surface area contributed by atoms with Gasteiger partial charge in [-0.15, -0.1) is 23.7 Å². The monoisotopic (exact) mass is 438 g/mol. The number of pyridine rings is 1. The minimum Gasteiger partial charge on any atom is -0.477 e. The molecular weight excluding hydrogens is 419 g/mol. The number of rotatable bonds is 3. The van der Waals surface area contributed by atoms with E-state index < -0.39 is 17.2 Å². The number of hydrogen-bond donors (Lipinski definition) is 1. The third kappa shape index (κ3) is 3.39. The van der Waals surface area contributed by atoms with E-state index in [9.17, 15) is 14.7 Å². The zero-order valence-electron chi connectivity index (χ0n) is 15.9. The second-order valence-electron chi connectivity index (χ2n) is 6.78. The highest BCUT2D eigenvalue weighted by atomic mass is 35.5. The fourth-order valence-electron chi connectivity index (χ4n) is 3.74. The Morgan fingerprint density at radius 3 is 2.62 bits per heavy atom. The largest absolute Gasteiger partial charge is 0.477 e. The number of aromatic carboxylic acids is 1. The Kier molecular flexibility index (Phi) is 5.92. The number of likely N-dealkylation sites (N-methyl/N-ethyl adjacent to an activating group) is 1. The van der Waals surface area contributed by atoms with E-state index in [4.69, 9.17) is 0 Å². The molecule has 7 nitrogen and oxygen atoms in total. The van der Waals surface area contributed by atoms with Crippen LogP contribution in [0.4, 0.5) is 10.1 Å². The smallest absolute Gasteiger partial charge is 0.342 e. The molecule has 1 fully saturated rings. The lowest BCUT2D eigenvalue weighted by Gasteiger charge is -2.35. The first kappa shape index (κ1) is 21.2. The van der Waals surface area contributed by atoms with Crippen molar-refractivity contribution in [1.82, 2.24) is 9.30 Å². The van der Waals surface area contributed by atoms with E-state index in [1.807, 2.05) is 11.9 Å². The van der Waals surface area contributed by atoms with E-state index in [0.29, 0.717) is 34.7 Å². The Morgan fingerprint density at radius 1 is 1.31 bits per heavy atom. The molecular formula is C19H20ClFN4O3S. The molecule has 10 heteroatoms. The molecule has 0 atom stereocenters. The van der Waals surface area contributed by atoms with Crippen LogP contribution < -0.4 is 10.3 Å². The predicted molar refractivity (Wildman–Crippen MR) is 116 cm³/mol. The van der Waals surface area contributed by atoms with Gasteiger partial charge in [-0.25, -0.2) is 9.18 Å². The molecule has 1 aliphatic rings.